The van der Waals surface area contributed by atoms with Gasteiger partial charge in [0.05, 0.1) is 23.2 Å². The van der Waals surface area contributed by atoms with Gasteiger partial charge in [-0.25, -0.2) is 19.3 Å². The van der Waals surface area contributed by atoms with E-state index in [1.54, 1.807) is 36.5 Å². The summed E-state index contributed by atoms with van der Waals surface area (Å²) in [7, 11) is 0. The first-order valence-corrected chi connectivity index (χ1v) is 11.6. The number of pyridine rings is 1. The number of thioether (sulfide) groups is 1. The molecule has 4 aromatic rings. The summed E-state index contributed by atoms with van der Waals surface area (Å²) in [4.78, 5) is 47.4. The van der Waals surface area contributed by atoms with Crippen molar-refractivity contribution in [2.45, 2.75) is 18.6 Å². The van der Waals surface area contributed by atoms with Gasteiger partial charge in [-0.05, 0) is 48.2 Å². The SMILES string of the molecule is Cc1ccnc(-n2c(SCC(=O)NC(=O)NCc3cccs3)nc3ccccc3c2=O)c1. The number of aromatic nitrogens is 3. The Balaban J connectivity index is 1.53. The second-order valence-corrected chi connectivity index (χ2v) is 8.82. The number of fused-ring (bicyclic) bond motifs is 1. The van der Waals surface area contributed by atoms with E-state index < -0.39 is 11.9 Å². The number of benzene rings is 1. The quantitative estimate of drug-likeness (QED) is 0.334. The zero-order valence-corrected chi connectivity index (χ0v) is 18.7. The molecule has 8 nitrogen and oxygen atoms in total. The number of rotatable bonds is 6. The van der Waals surface area contributed by atoms with E-state index in [4.69, 9.17) is 0 Å². The minimum Gasteiger partial charge on any atom is -0.333 e. The van der Waals surface area contributed by atoms with Crippen molar-refractivity contribution in [2.24, 2.45) is 0 Å². The highest BCUT2D eigenvalue weighted by molar-refractivity contribution is 7.99. The van der Waals surface area contributed by atoms with E-state index in [2.05, 4.69) is 20.6 Å². The fraction of sp³-hybridized carbons (Fsp3) is 0.136. The number of thiophene rings is 1. The van der Waals surface area contributed by atoms with Crippen LogP contribution in [0.2, 0.25) is 0 Å². The van der Waals surface area contributed by atoms with Gasteiger partial charge in [0.1, 0.15) is 5.82 Å². The molecular weight excluding hydrogens is 446 g/mol. The van der Waals surface area contributed by atoms with Gasteiger partial charge in [-0.1, -0.05) is 30.0 Å². The summed E-state index contributed by atoms with van der Waals surface area (Å²) >= 11 is 2.58. The number of nitrogens with one attached hydrogen (secondary N) is 2. The molecule has 0 atom stereocenters. The van der Waals surface area contributed by atoms with Gasteiger partial charge in [0.15, 0.2) is 5.16 Å². The number of hydrogen-bond donors (Lipinski definition) is 2. The molecule has 0 saturated carbocycles. The van der Waals surface area contributed by atoms with Crippen LogP contribution in [-0.4, -0.2) is 32.2 Å². The number of aryl methyl sites for hydroxylation is 1. The van der Waals surface area contributed by atoms with Crippen LogP contribution in [0.15, 0.2) is 70.1 Å². The molecule has 0 saturated heterocycles. The van der Waals surface area contributed by atoms with Crippen molar-refractivity contribution in [3.8, 4) is 5.82 Å². The third-order valence-corrected chi connectivity index (χ3v) is 6.28. The molecule has 3 aromatic heterocycles. The van der Waals surface area contributed by atoms with Crippen LogP contribution in [0.3, 0.4) is 0 Å². The van der Waals surface area contributed by atoms with E-state index in [0.717, 1.165) is 22.2 Å². The minimum atomic E-state index is -0.576. The van der Waals surface area contributed by atoms with Crippen molar-refractivity contribution in [3.05, 3.63) is 80.9 Å². The van der Waals surface area contributed by atoms with E-state index >= 15 is 0 Å². The van der Waals surface area contributed by atoms with Crippen molar-refractivity contribution < 1.29 is 9.59 Å². The van der Waals surface area contributed by atoms with Crippen molar-refractivity contribution in [2.75, 3.05) is 5.75 Å². The lowest BCUT2D eigenvalue weighted by atomic mass is 10.2. The summed E-state index contributed by atoms with van der Waals surface area (Å²) in [6.45, 7) is 2.24. The van der Waals surface area contributed by atoms with Crippen LogP contribution in [0.5, 0.6) is 0 Å². The van der Waals surface area contributed by atoms with Gasteiger partial charge in [-0.15, -0.1) is 11.3 Å². The van der Waals surface area contributed by atoms with Crippen LogP contribution in [0.4, 0.5) is 4.79 Å². The Hall–Kier alpha value is -3.50. The number of carbonyl (C=O) groups is 2. The zero-order chi connectivity index (χ0) is 22.5. The average molecular weight is 466 g/mol. The van der Waals surface area contributed by atoms with Gasteiger partial charge in [0.25, 0.3) is 5.56 Å². The third-order valence-electron chi connectivity index (χ3n) is 4.46. The molecule has 0 spiro atoms. The Kier molecular flexibility index (Phi) is 6.62. The van der Waals surface area contributed by atoms with Crippen molar-refractivity contribution in [3.63, 3.8) is 0 Å². The fourth-order valence-electron chi connectivity index (χ4n) is 2.97. The van der Waals surface area contributed by atoms with E-state index in [-0.39, 0.29) is 11.3 Å². The Morgan fingerprint density at radius 2 is 2.00 bits per heavy atom. The van der Waals surface area contributed by atoms with Gasteiger partial charge in [0.2, 0.25) is 5.91 Å². The molecule has 2 N–H and O–H groups in total. The monoisotopic (exact) mass is 465 g/mol. The van der Waals surface area contributed by atoms with Gasteiger partial charge >= 0.3 is 6.03 Å². The number of urea groups is 1. The summed E-state index contributed by atoms with van der Waals surface area (Å²) in [5, 5.41) is 7.63. The van der Waals surface area contributed by atoms with Gasteiger partial charge in [-0.2, -0.15) is 0 Å². The number of nitrogens with zero attached hydrogens (tertiary/aromatic N) is 3. The second-order valence-electron chi connectivity index (χ2n) is 6.84. The lowest BCUT2D eigenvalue weighted by Gasteiger charge is -2.13. The number of carbonyl (C=O) groups excluding carboxylic acids is 2. The van der Waals surface area contributed by atoms with Crippen molar-refractivity contribution in [1.82, 2.24) is 25.2 Å². The summed E-state index contributed by atoms with van der Waals surface area (Å²) in [6.07, 6.45) is 1.62. The number of para-hydroxylation sites is 1. The Morgan fingerprint density at radius 1 is 1.16 bits per heavy atom. The molecule has 3 heterocycles. The molecule has 0 aliphatic rings. The van der Waals surface area contributed by atoms with Crippen LogP contribution in [-0.2, 0) is 11.3 Å². The van der Waals surface area contributed by atoms with Gasteiger partial charge in [0, 0.05) is 11.1 Å². The first kappa shape index (κ1) is 21.7. The summed E-state index contributed by atoms with van der Waals surface area (Å²) in [6, 6.07) is 13.8. The summed E-state index contributed by atoms with van der Waals surface area (Å²) < 4.78 is 1.39. The number of hydrogen-bond acceptors (Lipinski definition) is 7. The van der Waals surface area contributed by atoms with E-state index in [9.17, 15) is 14.4 Å². The maximum atomic E-state index is 13.2. The van der Waals surface area contributed by atoms with Crippen LogP contribution in [0.25, 0.3) is 16.7 Å². The Labute approximate surface area is 191 Å². The molecule has 3 amide bonds. The van der Waals surface area contributed by atoms with Crippen LogP contribution in [0.1, 0.15) is 10.4 Å². The molecular formula is C22H19N5O3S2. The molecule has 162 valence electrons. The Bertz CT molecular complexity index is 1340. The largest absolute Gasteiger partial charge is 0.333 e. The normalized spacial score (nSPS) is 10.8. The second kappa shape index (κ2) is 9.75. The van der Waals surface area contributed by atoms with Crippen LogP contribution in [0, 0.1) is 6.92 Å². The van der Waals surface area contributed by atoms with Crippen molar-refractivity contribution in [1.29, 1.82) is 0 Å². The first-order valence-electron chi connectivity index (χ1n) is 9.69. The molecule has 10 heteroatoms. The average Bonchev–Trinajstić information content (AvgIpc) is 3.30. The zero-order valence-electron chi connectivity index (χ0n) is 17.1. The van der Waals surface area contributed by atoms with Gasteiger partial charge < -0.3 is 5.32 Å². The van der Waals surface area contributed by atoms with Crippen LogP contribution < -0.4 is 16.2 Å². The number of imide groups is 1. The highest BCUT2D eigenvalue weighted by atomic mass is 32.2. The molecule has 0 aliphatic heterocycles. The highest BCUT2D eigenvalue weighted by Crippen LogP contribution is 2.20. The lowest BCUT2D eigenvalue weighted by Crippen LogP contribution is -2.39. The van der Waals surface area contributed by atoms with Crippen molar-refractivity contribution >= 4 is 45.9 Å². The van der Waals surface area contributed by atoms with Gasteiger partial charge in [-0.3, -0.25) is 14.9 Å². The summed E-state index contributed by atoms with van der Waals surface area (Å²) in [5.41, 5.74) is 1.19. The standard InChI is InChI=1S/C22H19N5O3S2/c1-14-8-9-23-18(11-14)27-20(29)16-6-2-3-7-17(16)25-22(27)32-13-19(28)26-21(30)24-12-15-5-4-10-31-15/h2-11H,12-13H2,1H3,(H2,24,26,28,30). The van der Waals surface area contributed by atoms with Crippen LogP contribution >= 0.6 is 23.1 Å². The molecule has 0 unspecified atom stereocenters. The maximum Gasteiger partial charge on any atom is 0.321 e. The Morgan fingerprint density at radius 3 is 2.78 bits per heavy atom. The van der Waals surface area contributed by atoms with E-state index in [0.29, 0.717) is 28.4 Å². The topological polar surface area (TPSA) is 106 Å². The van der Waals surface area contributed by atoms with E-state index in [1.807, 2.05) is 30.5 Å². The molecule has 0 aliphatic carbocycles. The fourth-order valence-corrected chi connectivity index (χ4v) is 4.42. The smallest absolute Gasteiger partial charge is 0.321 e. The number of amides is 3. The predicted octanol–water partition coefficient (Wildman–Crippen LogP) is 3.27. The predicted molar refractivity (Wildman–Crippen MR) is 125 cm³/mol. The molecule has 0 radical (unpaired) electrons. The minimum absolute atomic E-state index is 0.0942. The third kappa shape index (κ3) is 5.04. The molecule has 32 heavy (non-hydrogen) atoms. The first-order chi connectivity index (χ1) is 15.5. The maximum absolute atomic E-state index is 13.2. The lowest BCUT2D eigenvalue weighted by molar-refractivity contribution is -0.117. The molecule has 1 aromatic carbocycles. The molecule has 0 fully saturated rings. The highest BCUT2D eigenvalue weighted by Gasteiger charge is 2.16. The van der Waals surface area contributed by atoms with E-state index in [1.165, 1.54) is 15.9 Å². The molecule has 4 rings (SSSR count). The molecule has 0 bridgehead atoms. The summed E-state index contributed by atoms with van der Waals surface area (Å²) in [5.74, 6) is -0.169.